The lowest BCUT2D eigenvalue weighted by molar-refractivity contribution is -0.138. The number of aromatic nitrogens is 2. The van der Waals surface area contributed by atoms with Crippen molar-refractivity contribution in [2.24, 2.45) is 0 Å². The molecule has 0 bridgehead atoms. The van der Waals surface area contributed by atoms with E-state index in [0.29, 0.717) is 42.5 Å². The van der Waals surface area contributed by atoms with Crippen LogP contribution in [-0.4, -0.2) is 55.6 Å². The molecule has 0 radical (unpaired) electrons. The van der Waals surface area contributed by atoms with E-state index in [0.717, 1.165) is 10.4 Å². The SMILES string of the molecule is CC(C)(C)OC=O.CNNCc1sc2c(c1C)c(=O)[nH]c(=O)n2CCOC.COC1CCC1. The third-order valence-corrected chi connectivity index (χ3v) is 6.21. The standard InChI is InChI=1S/C12H18N4O3S.C5H10O2.C5H10O/c1-7-8(6-14-13-2)20-11-9(7)10(17)15-12(18)16(11)4-5-19-3;1-5(2,3)7-4-6;1-6-5-3-2-4-5/h13-14H,4-6H2,1-3H3,(H,15,17,18);4H,1-3H3;5H,2-4H2,1H3. The number of aromatic amines is 1. The molecule has 1 aliphatic carbocycles. The van der Waals surface area contributed by atoms with Crippen LogP contribution in [0.4, 0.5) is 0 Å². The van der Waals surface area contributed by atoms with Gasteiger partial charge in [0.25, 0.3) is 12.0 Å². The van der Waals surface area contributed by atoms with Crippen molar-refractivity contribution < 1.29 is 19.0 Å². The molecule has 1 fully saturated rings. The number of H-pyrrole nitrogens is 1. The van der Waals surface area contributed by atoms with E-state index in [2.05, 4.69) is 20.6 Å². The number of hydrazine groups is 1. The molecule has 2 aromatic rings. The van der Waals surface area contributed by atoms with Crippen molar-refractivity contribution in [2.45, 2.75) is 71.8 Å². The Labute approximate surface area is 198 Å². The van der Waals surface area contributed by atoms with Gasteiger partial charge in [0.05, 0.1) is 24.6 Å². The zero-order valence-electron chi connectivity index (χ0n) is 20.7. The summed E-state index contributed by atoms with van der Waals surface area (Å²) in [6.07, 6.45) is 4.57. The zero-order valence-corrected chi connectivity index (χ0v) is 21.5. The second kappa shape index (κ2) is 14.3. The van der Waals surface area contributed by atoms with Gasteiger partial charge in [0, 0.05) is 25.6 Å². The average molecular weight is 487 g/mol. The van der Waals surface area contributed by atoms with E-state index in [9.17, 15) is 14.4 Å². The molecule has 0 aliphatic heterocycles. The summed E-state index contributed by atoms with van der Waals surface area (Å²) < 4.78 is 16.1. The number of ether oxygens (including phenoxy) is 3. The van der Waals surface area contributed by atoms with Crippen molar-refractivity contribution in [3.63, 3.8) is 0 Å². The van der Waals surface area contributed by atoms with Crippen LogP contribution in [0, 0.1) is 6.92 Å². The largest absolute Gasteiger partial charge is 0.462 e. The fourth-order valence-corrected chi connectivity index (χ4v) is 4.06. The van der Waals surface area contributed by atoms with Crippen molar-refractivity contribution in [3.8, 4) is 0 Å². The van der Waals surface area contributed by atoms with Crippen LogP contribution in [0.2, 0.25) is 0 Å². The lowest BCUT2D eigenvalue weighted by Gasteiger charge is -2.22. The molecule has 0 aromatic carbocycles. The van der Waals surface area contributed by atoms with Gasteiger partial charge in [0.2, 0.25) is 0 Å². The molecule has 0 saturated heterocycles. The number of rotatable bonds is 8. The molecule has 1 aliphatic rings. The smallest absolute Gasteiger partial charge is 0.329 e. The topological polar surface area (TPSA) is 124 Å². The van der Waals surface area contributed by atoms with E-state index in [1.807, 2.05) is 27.7 Å². The van der Waals surface area contributed by atoms with Crippen molar-refractivity contribution in [1.82, 2.24) is 20.4 Å². The Balaban J connectivity index is 0.000000341. The maximum Gasteiger partial charge on any atom is 0.329 e. The molecule has 0 unspecified atom stereocenters. The second-order valence-corrected chi connectivity index (χ2v) is 9.54. The van der Waals surface area contributed by atoms with E-state index in [-0.39, 0.29) is 11.2 Å². The molecule has 33 heavy (non-hydrogen) atoms. The summed E-state index contributed by atoms with van der Waals surface area (Å²) in [5.74, 6) is 0. The molecule has 11 heteroatoms. The molecule has 3 N–H and O–H groups in total. The molecule has 3 rings (SSSR count). The van der Waals surface area contributed by atoms with Gasteiger partial charge in [0.15, 0.2) is 0 Å². The van der Waals surface area contributed by atoms with Gasteiger partial charge in [-0.15, -0.1) is 11.3 Å². The lowest BCUT2D eigenvalue weighted by Crippen LogP contribution is -2.30. The number of carbonyl (C=O) groups excluding carboxylic acids is 1. The second-order valence-electron chi connectivity index (χ2n) is 8.45. The van der Waals surface area contributed by atoms with Crippen LogP contribution in [0.3, 0.4) is 0 Å². The monoisotopic (exact) mass is 486 g/mol. The first-order chi connectivity index (χ1) is 15.6. The minimum atomic E-state index is -0.395. The van der Waals surface area contributed by atoms with Crippen molar-refractivity contribution in [3.05, 3.63) is 31.3 Å². The van der Waals surface area contributed by atoms with Gasteiger partial charge >= 0.3 is 5.69 Å². The predicted molar refractivity (Wildman–Crippen MR) is 131 cm³/mol. The minimum absolute atomic E-state index is 0.318. The average Bonchev–Trinajstić information content (AvgIpc) is 3.02. The van der Waals surface area contributed by atoms with E-state index in [1.165, 1.54) is 30.6 Å². The molecule has 0 amide bonds. The highest BCUT2D eigenvalue weighted by molar-refractivity contribution is 7.18. The fraction of sp³-hybridized carbons (Fsp3) is 0.682. The summed E-state index contributed by atoms with van der Waals surface area (Å²) in [4.78, 5) is 37.6. The highest BCUT2D eigenvalue weighted by Crippen LogP contribution is 2.27. The van der Waals surface area contributed by atoms with Crippen molar-refractivity contribution in [1.29, 1.82) is 0 Å². The van der Waals surface area contributed by atoms with Crippen LogP contribution < -0.4 is 22.1 Å². The summed E-state index contributed by atoms with van der Waals surface area (Å²) in [6.45, 7) is 9.25. The molecule has 0 spiro atoms. The maximum atomic E-state index is 12.0. The third kappa shape index (κ3) is 9.38. The minimum Gasteiger partial charge on any atom is -0.462 e. The Morgan fingerprint density at radius 1 is 1.24 bits per heavy atom. The Morgan fingerprint density at radius 3 is 2.30 bits per heavy atom. The normalized spacial score (nSPS) is 13.4. The third-order valence-electron chi connectivity index (χ3n) is 4.90. The maximum absolute atomic E-state index is 12.0. The van der Waals surface area contributed by atoms with Crippen LogP contribution in [-0.2, 0) is 32.1 Å². The van der Waals surface area contributed by atoms with E-state index in [1.54, 1.807) is 25.8 Å². The molecule has 2 heterocycles. The summed E-state index contributed by atoms with van der Waals surface area (Å²) in [5, 5.41) is 0.582. The lowest BCUT2D eigenvalue weighted by atomic mass is 9.96. The Hall–Kier alpha value is -2.05. The summed E-state index contributed by atoms with van der Waals surface area (Å²) >= 11 is 1.45. The van der Waals surface area contributed by atoms with Crippen molar-refractivity contribution in [2.75, 3.05) is 27.9 Å². The van der Waals surface area contributed by atoms with Crippen LogP contribution in [0.1, 0.15) is 50.5 Å². The zero-order chi connectivity index (χ0) is 25.0. The molecule has 188 valence electrons. The highest BCUT2D eigenvalue weighted by atomic mass is 32.1. The number of fused-ring (bicyclic) bond motifs is 1. The Morgan fingerprint density at radius 2 is 1.91 bits per heavy atom. The van der Waals surface area contributed by atoms with Gasteiger partial charge in [-0.2, -0.15) is 0 Å². The Kier molecular flexibility index (Phi) is 12.5. The van der Waals surface area contributed by atoms with Gasteiger partial charge in [-0.1, -0.05) is 0 Å². The first-order valence-corrected chi connectivity index (χ1v) is 11.7. The highest BCUT2D eigenvalue weighted by Gasteiger charge is 2.16. The van der Waals surface area contributed by atoms with Gasteiger partial charge in [-0.3, -0.25) is 30.0 Å². The first kappa shape index (κ1) is 29.0. The molecule has 10 nitrogen and oxygen atoms in total. The number of methoxy groups -OCH3 is 2. The number of nitrogens with one attached hydrogen (secondary N) is 3. The quantitative estimate of drug-likeness (QED) is 0.383. The molecular formula is C22H38N4O6S. The number of carbonyl (C=O) groups is 1. The van der Waals surface area contributed by atoms with Gasteiger partial charge < -0.3 is 14.2 Å². The number of thiophene rings is 1. The predicted octanol–water partition coefficient (Wildman–Crippen LogP) is 2.07. The van der Waals surface area contributed by atoms with Crippen molar-refractivity contribution >= 4 is 28.0 Å². The van der Waals surface area contributed by atoms with Gasteiger partial charge in [0.1, 0.15) is 10.4 Å². The van der Waals surface area contributed by atoms with Crippen LogP contribution in [0.25, 0.3) is 10.2 Å². The summed E-state index contributed by atoms with van der Waals surface area (Å²) in [5.41, 5.74) is 5.70. The van der Waals surface area contributed by atoms with Gasteiger partial charge in [-0.25, -0.2) is 4.79 Å². The fourth-order valence-electron chi connectivity index (χ4n) is 2.79. The molecule has 2 aromatic heterocycles. The molecule has 0 atom stereocenters. The number of hydrogen-bond donors (Lipinski definition) is 3. The Bertz CT molecular complexity index is 969. The number of aryl methyl sites for hydroxylation is 1. The number of hydrogen-bond acceptors (Lipinski definition) is 9. The summed E-state index contributed by atoms with van der Waals surface area (Å²) in [7, 11) is 5.14. The first-order valence-electron chi connectivity index (χ1n) is 10.9. The summed E-state index contributed by atoms with van der Waals surface area (Å²) in [6, 6.07) is 0. The number of nitrogens with zero attached hydrogens (tertiary/aromatic N) is 1. The van der Waals surface area contributed by atoms with Crippen LogP contribution in [0.5, 0.6) is 0 Å². The van der Waals surface area contributed by atoms with Crippen LogP contribution in [0.15, 0.2) is 9.59 Å². The van der Waals surface area contributed by atoms with Crippen LogP contribution >= 0.6 is 11.3 Å². The molecular weight excluding hydrogens is 448 g/mol. The van der Waals surface area contributed by atoms with E-state index < -0.39 is 5.69 Å². The van der Waals surface area contributed by atoms with Gasteiger partial charge in [-0.05, 0) is 59.6 Å². The van der Waals surface area contributed by atoms with E-state index >= 15 is 0 Å². The van der Waals surface area contributed by atoms with E-state index in [4.69, 9.17) is 9.47 Å². The molecule has 1 saturated carbocycles.